The molecule has 26 heavy (non-hydrogen) atoms. The van der Waals surface area contributed by atoms with Gasteiger partial charge in [0.15, 0.2) is 6.54 Å². The number of quaternary nitrogens is 1. The minimum atomic E-state index is -3.50. The van der Waals surface area contributed by atoms with E-state index in [9.17, 15) is 13.2 Å². The van der Waals surface area contributed by atoms with E-state index < -0.39 is 10.0 Å². The molecule has 0 radical (unpaired) electrons. The van der Waals surface area contributed by atoms with Gasteiger partial charge in [-0.3, -0.25) is 4.79 Å². The number of nitrogens with zero attached hydrogens (tertiary/aromatic N) is 2. The van der Waals surface area contributed by atoms with Gasteiger partial charge in [0, 0.05) is 26.2 Å². The van der Waals surface area contributed by atoms with Crippen LogP contribution >= 0.6 is 0 Å². The summed E-state index contributed by atoms with van der Waals surface area (Å²) in [5, 5.41) is 0. The molecule has 3 rings (SSSR count). The topological polar surface area (TPSA) is 62.1 Å². The number of carbonyl (C=O) groups excluding carboxylic acids is 1. The molecule has 0 saturated carbocycles. The van der Waals surface area contributed by atoms with Gasteiger partial charge < -0.3 is 9.80 Å². The zero-order valence-corrected chi connectivity index (χ0v) is 16.6. The highest BCUT2D eigenvalue weighted by Gasteiger charge is 2.32. The van der Waals surface area contributed by atoms with Crippen LogP contribution < -0.4 is 4.90 Å². The Hall–Kier alpha value is -1.44. The number of carbonyl (C=O) groups is 1. The summed E-state index contributed by atoms with van der Waals surface area (Å²) in [5.41, 5.74) is 1.70. The first-order valence-electron chi connectivity index (χ1n) is 9.56. The zero-order chi connectivity index (χ0) is 18.7. The van der Waals surface area contributed by atoms with Crippen molar-refractivity contribution in [2.75, 3.05) is 45.8 Å². The predicted octanol–water partition coefficient (Wildman–Crippen LogP) is 0.205. The van der Waals surface area contributed by atoms with Crippen LogP contribution in [0, 0.1) is 13.8 Å². The average molecular weight is 381 g/mol. The minimum absolute atomic E-state index is 0.158. The molecule has 0 unspecified atom stereocenters. The largest absolute Gasteiger partial charge is 0.335 e. The molecule has 2 aliphatic heterocycles. The van der Waals surface area contributed by atoms with E-state index in [0.717, 1.165) is 24.2 Å². The lowest BCUT2D eigenvalue weighted by Crippen LogP contribution is -3.13. The SMILES string of the molecule is Cc1ccc(C)c(S(=O)(=O)N2CCN(C(=O)C[NH+]3CCCCC3)CC2)c1. The van der Waals surface area contributed by atoms with E-state index in [1.54, 1.807) is 6.07 Å². The van der Waals surface area contributed by atoms with Gasteiger partial charge in [0.2, 0.25) is 10.0 Å². The first kappa shape index (κ1) is 19.3. The highest BCUT2D eigenvalue weighted by Crippen LogP contribution is 2.22. The van der Waals surface area contributed by atoms with E-state index >= 15 is 0 Å². The number of likely N-dealkylation sites (tertiary alicyclic amines) is 1. The Bertz CT molecular complexity index is 749. The summed E-state index contributed by atoms with van der Waals surface area (Å²) in [5.74, 6) is 0.158. The fraction of sp³-hybridized carbons (Fsp3) is 0.632. The third kappa shape index (κ3) is 4.27. The zero-order valence-electron chi connectivity index (χ0n) is 15.8. The van der Waals surface area contributed by atoms with Crippen LogP contribution in [0.25, 0.3) is 0 Å². The second kappa shape index (κ2) is 8.06. The van der Waals surface area contributed by atoms with E-state index in [1.807, 2.05) is 30.9 Å². The number of benzene rings is 1. The summed E-state index contributed by atoms with van der Waals surface area (Å²) in [4.78, 5) is 16.1. The van der Waals surface area contributed by atoms with E-state index in [1.165, 1.54) is 28.5 Å². The Kier molecular flexibility index (Phi) is 5.99. The maximum atomic E-state index is 13.0. The third-order valence-corrected chi connectivity index (χ3v) is 7.56. The summed E-state index contributed by atoms with van der Waals surface area (Å²) in [6.45, 7) is 8.13. The number of piperidine rings is 1. The fourth-order valence-corrected chi connectivity index (χ4v) is 5.59. The molecule has 0 aliphatic carbocycles. The number of sulfonamides is 1. The average Bonchev–Trinajstić information content (AvgIpc) is 2.64. The molecule has 2 saturated heterocycles. The molecule has 1 N–H and O–H groups in total. The molecule has 144 valence electrons. The standard InChI is InChI=1S/C19H29N3O3S/c1-16-6-7-17(2)18(14-16)26(24,25)22-12-10-21(11-13-22)19(23)15-20-8-4-3-5-9-20/h6-7,14H,3-5,8-13,15H2,1-2H3/p+1. The van der Waals surface area contributed by atoms with Crippen molar-refractivity contribution < 1.29 is 18.1 Å². The number of piperazine rings is 1. The Morgan fingerprint density at radius 3 is 2.35 bits per heavy atom. The van der Waals surface area contributed by atoms with Crippen molar-refractivity contribution in [2.45, 2.75) is 38.0 Å². The van der Waals surface area contributed by atoms with Gasteiger partial charge in [-0.2, -0.15) is 4.31 Å². The number of rotatable bonds is 4. The van der Waals surface area contributed by atoms with Gasteiger partial charge >= 0.3 is 0 Å². The molecule has 1 aromatic carbocycles. The van der Waals surface area contributed by atoms with Crippen molar-refractivity contribution in [3.05, 3.63) is 29.3 Å². The summed E-state index contributed by atoms with van der Waals surface area (Å²) in [6.07, 6.45) is 3.67. The molecule has 2 fully saturated rings. The third-order valence-electron chi connectivity index (χ3n) is 5.51. The van der Waals surface area contributed by atoms with Crippen LogP contribution in [0.1, 0.15) is 30.4 Å². The highest BCUT2D eigenvalue weighted by atomic mass is 32.2. The van der Waals surface area contributed by atoms with Crippen LogP contribution in [0.15, 0.2) is 23.1 Å². The summed E-state index contributed by atoms with van der Waals surface area (Å²) >= 11 is 0. The summed E-state index contributed by atoms with van der Waals surface area (Å²) < 4.78 is 27.5. The fourth-order valence-electron chi connectivity index (χ4n) is 3.86. The van der Waals surface area contributed by atoms with E-state index in [2.05, 4.69) is 0 Å². The molecule has 6 nitrogen and oxygen atoms in total. The Morgan fingerprint density at radius 1 is 1.04 bits per heavy atom. The molecule has 0 aromatic heterocycles. The minimum Gasteiger partial charge on any atom is -0.335 e. The lowest BCUT2D eigenvalue weighted by molar-refractivity contribution is -0.897. The molecule has 2 heterocycles. The van der Waals surface area contributed by atoms with E-state index in [4.69, 9.17) is 0 Å². The van der Waals surface area contributed by atoms with Crippen LogP contribution in [0.4, 0.5) is 0 Å². The smallest absolute Gasteiger partial charge is 0.277 e. The summed E-state index contributed by atoms with van der Waals surface area (Å²) in [6, 6.07) is 5.51. The molecule has 2 aliphatic rings. The summed E-state index contributed by atoms with van der Waals surface area (Å²) in [7, 11) is -3.50. The molecule has 1 amide bonds. The van der Waals surface area contributed by atoms with Gasteiger partial charge in [-0.15, -0.1) is 0 Å². The van der Waals surface area contributed by atoms with Gasteiger partial charge in [-0.25, -0.2) is 8.42 Å². The molecule has 0 spiro atoms. The lowest BCUT2D eigenvalue weighted by atomic mass is 10.1. The van der Waals surface area contributed by atoms with Crippen molar-refractivity contribution in [3.63, 3.8) is 0 Å². The molecule has 1 aromatic rings. The quantitative estimate of drug-likeness (QED) is 0.812. The first-order chi connectivity index (χ1) is 12.4. The Labute approximate surface area is 156 Å². The van der Waals surface area contributed by atoms with Crippen molar-refractivity contribution >= 4 is 15.9 Å². The van der Waals surface area contributed by atoms with Crippen molar-refractivity contribution in [2.24, 2.45) is 0 Å². The molecular formula is C19H30N3O3S+. The van der Waals surface area contributed by atoms with Gasteiger partial charge in [0.05, 0.1) is 18.0 Å². The van der Waals surface area contributed by atoms with Gasteiger partial charge in [-0.05, 0) is 50.3 Å². The van der Waals surface area contributed by atoms with Crippen molar-refractivity contribution in [1.82, 2.24) is 9.21 Å². The second-order valence-electron chi connectivity index (χ2n) is 7.54. The monoisotopic (exact) mass is 380 g/mol. The number of amides is 1. The number of hydrogen-bond acceptors (Lipinski definition) is 3. The van der Waals surface area contributed by atoms with Crippen LogP contribution in [0.3, 0.4) is 0 Å². The Balaban J connectivity index is 1.60. The molecule has 0 bridgehead atoms. The molecular weight excluding hydrogens is 350 g/mol. The Morgan fingerprint density at radius 2 is 1.69 bits per heavy atom. The number of hydrogen-bond donors (Lipinski definition) is 1. The number of nitrogens with one attached hydrogen (secondary N) is 1. The van der Waals surface area contributed by atoms with Gasteiger partial charge in [0.25, 0.3) is 5.91 Å². The van der Waals surface area contributed by atoms with E-state index in [0.29, 0.717) is 37.6 Å². The van der Waals surface area contributed by atoms with Crippen LogP contribution in [-0.2, 0) is 14.8 Å². The molecule has 0 atom stereocenters. The number of aryl methyl sites for hydroxylation is 2. The van der Waals surface area contributed by atoms with Crippen LogP contribution in [0.2, 0.25) is 0 Å². The maximum absolute atomic E-state index is 13.0. The van der Waals surface area contributed by atoms with Gasteiger partial charge in [0.1, 0.15) is 0 Å². The lowest BCUT2D eigenvalue weighted by Gasteiger charge is -2.35. The second-order valence-corrected chi connectivity index (χ2v) is 9.45. The van der Waals surface area contributed by atoms with Crippen molar-refractivity contribution in [3.8, 4) is 0 Å². The highest BCUT2D eigenvalue weighted by molar-refractivity contribution is 7.89. The van der Waals surface area contributed by atoms with Crippen LogP contribution in [-0.4, -0.2) is 69.3 Å². The van der Waals surface area contributed by atoms with E-state index in [-0.39, 0.29) is 5.91 Å². The predicted molar refractivity (Wildman–Crippen MR) is 101 cm³/mol. The van der Waals surface area contributed by atoms with Gasteiger partial charge in [-0.1, -0.05) is 12.1 Å². The molecule has 7 heteroatoms. The normalized spacial score (nSPS) is 20.3. The first-order valence-corrected chi connectivity index (χ1v) is 11.0. The van der Waals surface area contributed by atoms with Crippen LogP contribution in [0.5, 0.6) is 0 Å². The maximum Gasteiger partial charge on any atom is 0.277 e. The van der Waals surface area contributed by atoms with Crippen molar-refractivity contribution in [1.29, 1.82) is 0 Å².